The number of carbonyl (C=O) groups is 1. The number of sulfone groups is 1. The van der Waals surface area contributed by atoms with Gasteiger partial charge in [0, 0.05) is 0 Å². The lowest BCUT2D eigenvalue weighted by Gasteiger charge is -2.21. The summed E-state index contributed by atoms with van der Waals surface area (Å²) in [5, 5.41) is 3.04. The number of hydrogen-bond acceptors (Lipinski definition) is 6. The molecule has 0 amide bonds. The number of rotatable bonds is 4. The van der Waals surface area contributed by atoms with Gasteiger partial charge in [0.1, 0.15) is 11.7 Å². The molecule has 0 aliphatic carbocycles. The van der Waals surface area contributed by atoms with Gasteiger partial charge in [-0.2, -0.15) is 0 Å². The summed E-state index contributed by atoms with van der Waals surface area (Å²) in [5.74, 6) is -1.04. The molecule has 0 aromatic heterocycles. The fourth-order valence-electron chi connectivity index (χ4n) is 3.14. The molecule has 0 bridgehead atoms. The van der Waals surface area contributed by atoms with Crippen LogP contribution in [0.4, 0.5) is 0 Å². The van der Waals surface area contributed by atoms with E-state index < -0.39 is 32.4 Å². The molecule has 2 aromatic carbocycles. The molecule has 0 radical (unpaired) electrons. The Morgan fingerprint density at radius 2 is 1.63 bits per heavy atom. The molecule has 1 heterocycles. The Kier molecular flexibility index (Phi) is 5.94. The smallest absolute Gasteiger partial charge is 0.356 e. The first-order chi connectivity index (χ1) is 14.0. The zero-order valence-corrected chi connectivity index (χ0v) is 18.6. The molecule has 0 unspecified atom stereocenters. The van der Waals surface area contributed by atoms with Gasteiger partial charge < -0.3 is 14.8 Å². The highest BCUT2D eigenvalue weighted by Crippen LogP contribution is 2.34. The molecule has 1 saturated heterocycles. The van der Waals surface area contributed by atoms with Crippen molar-refractivity contribution >= 4 is 15.8 Å². The molecule has 1 aliphatic heterocycles. The zero-order chi connectivity index (χ0) is 22.1. The van der Waals surface area contributed by atoms with E-state index in [0.29, 0.717) is 0 Å². The zero-order valence-electron chi connectivity index (χ0n) is 17.8. The first-order valence-electron chi connectivity index (χ1n) is 9.76. The van der Waals surface area contributed by atoms with Gasteiger partial charge in [-0.15, -0.1) is 0 Å². The van der Waals surface area contributed by atoms with Crippen LogP contribution in [-0.4, -0.2) is 26.0 Å². The molecule has 1 N–H and O–H groups in total. The van der Waals surface area contributed by atoms with Crippen LogP contribution in [-0.2, 0) is 24.1 Å². The third-order valence-electron chi connectivity index (χ3n) is 4.58. The van der Waals surface area contributed by atoms with Crippen LogP contribution in [0.5, 0.6) is 0 Å². The van der Waals surface area contributed by atoms with Gasteiger partial charge in [0.25, 0.3) is 0 Å². The highest BCUT2D eigenvalue weighted by Gasteiger charge is 2.41. The lowest BCUT2D eigenvalue weighted by molar-refractivity contribution is -0.149. The van der Waals surface area contributed by atoms with Crippen molar-refractivity contribution in [1.82, 2.24) is 5.32 Å². The minimum absolute atomic E-state index is 0.00445. The van der Waals surface area contributed by atoms with Crippen molar-refractivity contribution in [1.29, 1.82) is 0 Å². The Balaban J connectivity index is 2.08. The van der Waals surface area contributed by atoms with Crippen molar-refractivity contribution < 1.29 is 22.7 Å². The quantitative estimate of drug-likeness (QED) is 0.584. The topological polar surface area (TPSA) is 81.7 Å². The Labute approximate surface area is 177 Å². The Morgan fingerprint density at radius 1 is 1.03 bits per heavy atom. The van der Waals surface area contributed by atoms with E-state index in [4.69, 9.17) is 9.47 Å². The molecule has 2 aromatic rings. The number of aryl methyl sites for hydroxylation is 1. The standard InChI is InChI=1S/C23H27NO5S/c1-15-11-13-17(14-12-15)19-16(2)24-21(28-19)20(22(25)29-23(3,4)5)30(26,27)18-9-7-6-8-10-18/h6-14,16,19,24H,1-5H3/t16-,19+/m0/s1. The molecule has 3 rings (SSSR count). The summed E-state index contributed by atoms with van der Waals surface area (Å²) in [6.45, 7) is 8.91. The highest BCUT2D eigenvalue weighted by molar-refractivity contribution is 7.96. The van der Waals surface area contributed by atoms with Crippen molar-refractivity contribution in [2.24, 2.45) is 0 Å². The summed E-state index contributed by atoms with van der Waals surface area (Å²) in [6, 6.07) is 15.3. The lowest BCUT2D eigenvalue weighted by Crippen LogP contribution is -2.30. The highest BCUT2D eigenvalue weighted by atomic mass is 32.2. The molecular formula is C23H27NO5S. The fourth-order valence-corrected chi connectivity index (χ4v) is 4.51. The van der Waals surface area contributed by atoms with Crippen LogP contribution in [0.1, 0.15) is 44.9 Å². The molecule has 6 nitrogen and oxygen atoms in total. The van der Waals surface area contributed by atoms with Crippen LogP contribution in [0, 0.1) is 6.92 Å². The largest absolute Gasteiger partial charge is 0.468 e. The first-order valence-corrected chi connectivity index (χ1v) is 11.2. The van der Waals surface area contributed by atoms with Crippen LogP contribution < -0.4 is 5.32 Å². The van der Waals surface area contributed by atoms with Gasteiger partial charge >= 0.3 is 5.97 Å². The van der Waals surface area contributed by atoms with Gasteiger partial charge in [-0.05, 0) is 52.3 Å². The summed E-state index contributed by atoms with van der Waals surface area (Å²) in [6.07, 6.45) is -0.441. The maximum absolute atomic E-state index is 13.4. The van der Waals surface area contributed by atoms with Crippen LogP contribution >= 0.6 is 0 Å². The number of nitrogens with one attached hydrogen (secondary N) is 1. The summed E-state index contributed by atoms with van der Waals surface area (Å²) in [5.41, 5.74) is 1.13. The molecule has 2 atom stereocenters. The number of esters is 1. The summed E-state index contributed by atoms with van der Waals surface area (Å²) in [7, 11) is -4.17. The van der Waals surface area contributed by atoms with Gasteiger partial charge in [-0.1, -0.05) is 48.0 Å². The molecule has 1 fully saturated rings. The van der Waals surface area contributed by atoms with E-state index in [2.05, 4.69) is 5.32 Å². The van der Waals surface area contributed by atoms with Gasteiger partial charge in [0.2, 0.25) is 20.6 Å². The first kappa shape index (κ1) is 21.9. The average molecular weight is 430 g/mol. The van der Waals surface area contributed by atoms with Crippen LogP contribution in [0.15, 0.2) is 70.3 Å². The van der Waals surface area contributed by atoms with E-state index in [1.54, 1.807) is 39.0 Å². The maximum Gasteiger partial charge on any atom is 0.356 e. The predicted molar refractivity (Wildman–Crippen MR) is 114 cm³/mol. The van der Waals surface area contributed by atoms with E-state index in [0.717, 1.165) is 11.1 Å². The average Bonchev–Trinajstić information content (AvgIpc) is 3.02. The Hall–Kier alpha value is -2.80. The molecule has 30 heavy (non-hydrogen) atoms. The van der Waals surface area contributed by atoms with E-state index in [1.807, 2.05) is 38.1 Å². The molecule has 0 spiro atoms. The third kappa shape index (κ3) is 4.67. The lowest BCUT2D eigenvalue weighted by atomic mass is 10.0. The number of hydrogen-bond donors (Lipinski definition) is 1. The predicted octanol–water partition coefficient (Wildman–Crippen LogP) is 4.03. The number of benzene rings is 2. The number of carbonyl (C=O) groups excluding carboxylic acids is 1. The minimum atomic E-state index is -4.17. The van der Waals surface area contributed by atoms with Crippen molar-refractivity contribution in [2.75, 3.05) is 0 Å². The number of ether oxygens (including phenoxy) is 2. The van der Waals surface area contributed by atoms with Gasteiger partial charge in [-0.25, -0.2) is 13.2 Å². The normalized spacial score (nSPS) is 20.8. The van der Waals surface area contributed by atoms with E-state index in [-0.39, 0.29) is 16.8 Å². The van der Waals surface area contributed by atoms with Crippen LogP contribution in [0.2, 0.25) is 0 Å². The summed E-state index contributed by atoms with van der Waals surface area (Å²) < 4.78 is 38.1. The van der Waals surface area contributed by atoms with Crippen molar-refractivity contribution in [3.63, 3.8) is 0 Å². The second kappa shape index (κ2) is 8.14. The maximum atomic E-state index is 13.4. The van der Waals surface area contributed by atoms with Gasteiger partial charge in [0.05, 0.1) is 10.9 Å². The molecule has 1 aliphatic rings. The van der Waals surface area contributed by atoms with Crippen molar-refractivity contribution in [3.05, 3.63) is 76.5 Å². The Morgan fingerprint density at radius 3 is 2.20 bits per heavy atom. The molecule has 7 heteroatoms. The van der Waals surface area contributed by atoms with E-state index >= 15 is 0 Å². The van der Waals surface area contributed by atoms with Gasteiger partial charge in [0.15, 0.2) is 0 Å². The molecule has 160 valence electrons. The van der Waals surface area contributed by atoms with E-state index in [9.17, 15) is 13.2 Å². The van der Waals surface area contributed by atoms with Crippen molar-refractivity contribution in [2.45, 2.75) is 57.3 Å². The summed E-state index contributed by atoms with van der Waals surface area (Å²) in [4.78, 5) is 12.5. The Bertz CT molecular complexity index is 1050. The fraction of sp³-hybridized carbons (Fsp3) is 0.348. The van der Waals surface area contributed by atoms with Crippen LogP contribution in [0.25, 0.3) is 0 Å². The van der Waals surface area contributed by atoms with E-state index in [1.165, 1.54) is 12.1 Å². The van der Waals surface area contributed by atoms with Crippen molar-refractivity contribution in [3.8, 4) is 0 Å². The second-order valence-corrected chi connectivity index (χ2v) is 10.2. The summed E-state index contributed by atoms with van der Waals surface area (Å²) >= 11 is 0. The molecular weight excluding hydrogens is 402 g/mol. The third-order valence-corrected chi connectivity index (χ3v) is 6.36. The molecule has 0 saturated carbocycles. The van der Waals surface area contributed by atoms with Gasteiger partial charge in [-0.3, -0.25) is 0 Å². The monoisotopic (exact) mass is 429 g/mol. The second-order valence-electron chi connectivity index (χ2n) is 8.36. The minimum Gasteiger partial charge on any atom is -0.468 e. The SMILES string of the molecule is Cc1ccc([C@@H]2OC(=C(C(=O)OC(C)(C)C)S(=O)(=O)c3ccccc3)N[C@H]2C)cc1. The van der Waals surface area contributed by atoms with Crippen LogP contribution in [0.3, 0.4) is 0 Å².